The summed E-state index contributed by atoms with van der Waals surface area (Å²) in [6.45, 7) is 3.24. The van der Waals surface area contributed by atoms with Gasteiger partial charge in [-0.15, -0.1) is 6.42 Å². The second-order valence-corrected chi connectivity index (χ2v) is 10.5. The van der Waals surface area contributed by atoms with E-state index in [2.05, 4.69) is 23.4 Å². The lowest BCUT2D eigenvalue weighted by Crippen LogP contribution is -2.34. The van der Waals surface area contributed by atoms with Crippen molar-refractivity contribution in [2.45, 2.75) is 64.4 Å². The summed E-state index contributed by atoms with van der Waals surface area (Å²) >= 11 is 0. The first-order valence-electron chi connectivity index (χ1n) is 14.0. The van der Waals surface area contributed by atoms with Gasteiger partial charge in [0.25, 0.3) is 0 Å². The third-order valence-corrected chi connectivity index (χ3v) is 7.90. The predicted octanol–water partition coefficient (Wildman–Crippen LogP) is 1.68. The average molecular weight is 544 g/mol. The number of hydrogen-bond acceptors (Lipinski definition) is 7. The molecule has 2 bridgehead atoms. The molecule has 2 aliphatic carbocycles. The molecule has 0 aromatic heterocycles. The third kappa shape index (κ3) is 7.91. The summed E-state index contributed by atoms with van der Waals surface area (Å²) in [4.78, 5) is 64.7. The second-order valence-electron chi connectivity index (χ2n) is 10.5. The highest BCUT2D eigenvalue weighted by molar-refractivity contribution is 6.06. The number of rotatable bonds is 17. The number of nitrogens with zero attached hydrogens (tertiary/aromatic N) is 2. The minimum absolute atomic E-state index is 0.00294. The van der Waals surface area contributed by atoms with Crippen LogP contribution in [0.1, 0.15) is 58.3 Å². The van der Waals surface area contributed by atoms with Crippen LogP contribution in [0.15, 0.2) is 12.2 Å². The predicted molar refractivity (Wildman–Crippen MR) is 143 cm³/mol. The Bertz CT molecular complexity index is 958. The molecule has 0 spiro atoms. The summed E-state index contributed by atoms with van der Waals surface area (Å²) < 4.78 is 9.89. The van der Waals surface area contributed by atoms with Crippen molar-refractivity contribution in [3.63, 3.8) is 0 Å². The van der Waals surface area contributed by atoms with Gasteiger partial charge in [-0.25, -0.2) is 4.79 Å². The third-order valence-electron chi connectivity index (χ3n) is 7.90. The zero-order chi connectivity index (χ0) is 28.4. The van der Waals surface area contributed by atoms with Crippen LogP contribution in [0.2, 0.25) is 0 Å². The lowest BCUT2D eigenvalue weighted by Gasteiger charge is -2.20. The van der Waals surface area contributed by atoms with Gasteiger partial charge in [-0.2, -0.15) is 0 Å². The fraction of sp³-hybridized carbons (Fsp3) is 0.690. The average Bonchev–Trinajstić information content (AvgIpc) is 3.61. The molecule has 10 nitrogen and oxygen atoms in total. The van der Waals surface area contributed by atoms with E-state index in [0.717, 1.165) is 32.1 Å². The van der Waals surface area contributed by atoms with Crippen molar-refractivity contribution in [3.05, 3.63) is 12.2 Å². The molecule has 5 atom stereocenters. The molecule has 1 saturated heterocycles. The van der Waals surface area contributed by atoms with Crippen LogP contribution in [-0.4, -0.2) is 85.4 Å². The van der Waals surface area contributed by atoms with Crippen molar-refractivity contribution in [3.8, 4) is 12.3 Å². The number of unbranched alkanes of at least 4 members (excludes halogenated alkanes) is 3. The number of imide groups is 1. The number of methoxy groups -OCH3 is 1. The Morgan fingerprint density at radius 2 is 1.74 bits per heavy atom. The first-order valence-corrected chi connectivity index (χ1v) is 14.0. The zero-order valence-corrected chi connectivity index (χ0v) is 23.1. The van der Waals surface area contributed by atoms with E-state index >= 15 is 0 Å². The smallest absolute Gasteiger partial charge is 0.334 e. The van der Waals surface area contributed by atoms with Crippen molar-refractivity contribution in [2.24, 2.45) is 23.7 Å². The quantitative estimate of drug-likeness (QED) is 0.0974. The highest BCUT2D eigenvalue weighted by Gasteiger charge is 2.58. The van der Waals surface area contributed by atoms with E-state index in [0.29, 0.717) is 26.1 Å². The number of carbonyl (C=O) groups is 5. The number of carbonyl (C=O) groups excluding carboxylic acids is 5. The fourth-order valence-corrected chi connectivity index (χ4v) is 5.67. The van der Waals surface area contributed by atoms with Gasteiger partial charge < -0.3 is 19.7 Å². The number of amides is 4. The molecular formula is C29H41N3O7. The number of terminal acetylenes is 1. The Hall–Kier alpha value is -3.19. The van der Waals surface area contributed by atoms with Crippen molar-refractivity contribution >= 4 is 29.6 Å². The highest BCUT2D eigenvalue weighted by Crippen LogP contribution is 2.52. The van der Waals surface area contributed by atoms with Crippen LogP contribution in [0.25, 0.3) is 0 Å². The van der Waals surface area contributed by atoms with Crippen LogP contribution in [0.5, 0.6) is 0 Å². The number of allylic oxidation sites excluding steroid dienone is 2. The van der Waals surface area contributed by atoms with Gasteiger partial charge in [0.15, 0.2) is 6.10 Å². The lowest BCUT2D eigenvalue weighted by molar-refractivity contribution is -0.154. The van der Waals surface area contributed by atoms with E-state index in [4.69, 9.17) is 15.9 Å². The molecule has 2 unspecified atom stereocenters. The van der Waals surface area contributed by atoms with Gasteiger partial charge in [0.05, 0.1) is 25.0 Å². The summed E-state index contributed by atoms with van der Waals surface area (Å²) in [6.07, 6.45) is 13.7. The Balaban J connectivity index is 1.25. The summed E-state index contributed by atoms with van der Waals surface area (Å²) in [5.41, 5.74) is 0. The number of ether oxygens (including phenoxy) is 2. The van der Waals surface area contributed by atoms with E-state index in [1.165, 1.54) is 12.0 Å². The Morgan fingerprint density at radius 3 is 2.38 bits per heavy atom. The number of likely N-dealkylation sites (tertiary alicyclic amines) is 1. The Labute approximate surface area is 230 Å². The summed E-state index contributed by atoms with van der Waals surface area (Å²) in [5, 5.41) is 2.71. The maximum Gasteiger partial charge on any atom is 0.334 e. The van der Waals surface area contributed by atoms with Crippen molar-refractivity contribution in [2.75, 3.05) is 39.9 Å². The summed E-state index contributed by atoms with van der Waals surface area (Å²) in [5.74, 6) is 1.79. The Morgan fingerprint density at radius 1 is 1.08 bits per heavy atom. The molecule has 39 heavy (non-hydrogen) atoms. The van der Waals surface area contributed by atoms with Gasteiger partial charge in [0.1, 0.15) is 0 Å². The normalized spacial score (nSPS) is 23.5. The molecule has 1 aliphatic heterocycles. The van der Waals surface area contributed by atoms with Crippen LogP contribution < -0.4 is 5.32 Å². The molecular weight excluding hydrogens is 502 g/mol. The largest absolute Gasteiger partial charge is 0.464 e. The molecule has 3 aliphatic rings. The monoisotopic (exact) mass is 543 g/mol. The fourth-order valence-electron chi connectivity index (χ4n) is 5.67. The topological polar surface area (TPSA) is 122 Å². The van der Waals surface area contributed by atoms with Gasteiger partial charge >= 0.3 is 5.97 Å². The molecule has 1 heterocycles. The van der Waals surface area contributed by atoms with Crippen molar-refractivity contribution in [1.82, 2.24) is 15.1 Å². The van der Waals surface area contributed by atoms with Gasteiger partial charge in [-0.3, -0.25) is 24.1 Å². The first-order chi connectivity index (χ1) is 18.8. The number of esters is 1. The number of fused-ring (bicyclic) bond motifs is 5. The maximum absolute atomic E-state index is 12.8. The molecule has 2 fully saturated rings. The minimum Gasteiger partial charge on any atom is -0.464 e. The molecule has 1 saturated carbocycles. The molecule has 0 radical (unpaired) electrons. The molecule has 1 N–H and O–H groups in total. The number of hydrogen-bond donors (Lipinski definition) is 1. The van der Waals surface area contributed by atoms with E-state index in [-0.39, 0.29) is 73.3 Å². The molecule has 10 heteroatoms. The minimum atomic E-state index is -0.629. The van der Waals surface area contributed by atoms with Crippen LogP contribution in [0.3, 0.4) is 0 Å². The highest BCUT2D eigenvalue weighted by atomic mass is 16.6. The van der Waals surface area contributed by atoms with E-state index in [1.807, 2.05) is 0 Å². The van der Waals surface area contributed by atoms with Gasteiger partial charge in [0, 0.05) is 39.6 Å². The van der Waals surface area contributed by atoms with E-state index < -0.39 is 12.1 Å². The van der Waals surface area contributed by atoms with E-state index in [1.54, 1.807) is 11.8 Å². The second kappa shape index (κ2) is 14.8. The van der Waals surface area contributed by atoms with E-state index in [9.17, 15) is 24.0 Å². The van der Waals surface area contributed by atoms with Gasteiger partial charge in [-0.1, -0.05) is 30.9 Å². The molecule has 214 valence electrons. The van der Waals surface area contributed by atoms with Crippen molar-refractivity contribution < 1.29 is 33.4 Å². The number of nitrogens with one attached hydrogen (secondary N) is 1. The van der Waals surface area contributed by atoms with Crippen LogP contribution in [0.4, 0.5) is 0 Å². The lowest BCUT2D eigenvalue weighted by atomic mass is 9.85. The molecule has 3 rings (SSSR count). The Kier molecular flexibility index (Phi) is 11.5. The first kappa shape index (κ1) is 30.4. The van der Waals surface area contributed by atoms with Crippen LogP contribution in [-0.2, 0) is 33.4 Å². The standard InChI is InChI=1S/C29H41N3O7/c1-4-15-31(24(34)13-12-23(33)30-14-9-18-39-29(37)20(2)38-3)16-7-5-6-8-17-32-27(35)25-21-10-11-22(19-21)26(25)28(32)36/h1,10-11,20-22,25-26H,5-9,12-19H2,2-3H3,(H,30,33)/t20?,21-,22+,25+,26?/m1/s1. The molecule has 4 amide bonds. The summed E-state index contributed by atoms with van der Waals surface area (Å²) in [7, 11) is 1.42. The van der Waals surface area contributed by atoms with Gasteiger partial charge in [-0.05, 0) is 44.4 Å². The van der Waals surface area contributed by atoms with Crippen LogP contribution in [0, 0.1) is 36.0 Å². The van der Waals surface area contributed by atoms with Gasteiger partial charge in [0.2, 0.25) is 23.6 Å². The SMILES string of the molecule is C#CCN(CCCCCCN1C(=O)C2[C@@H](C1=O)[C@@H]1C=C[C@H]2C1)C(=O)CCC(=O)NCCCOC(=O)C(C)OC. The molecule has 0 aromatic rings. The maximum atomic E-state index is 12.8. The summed E-state index contributed by atoms with van der Waals surface area (Å²) in [6, 6.07) is 0. The van der Waals surface area contributed by atoms with Crippen LogP contribution >= 0.6 is 0 Å². The zero-order valence-electron chi connectivity index (χ0n) is 23.1. The van der Waals surface area contributed by atoms with Crippen molar-refractivity contribution in [1.29, 1.82) is 0 Å². The molecule has 0 aromatic carbocycles.